The minimum absolute atomic E-state index is 0.203. The first-order valence-electron chi connectivity index (χ1n) is 7.02. The molecule has 1 aliphatic rings. The topological polar surface area (TPSA) is 20.3 Å². The Morgan fingerprint density at radius 3 is 2.32 bits per heavy atom. The number of nitrogens with zero attached hydrogens (tertiary/aromatic N) is 1. The summed E-state index contributed by atoms with van der Waals surface area (Å²) in [5.74, 6) is 1.23. The van der Waals surface area contributed by atoms with Gasteiger partial charge in [0, 0.05) is 25.4 Å². The SMILES string of the molecule is Cc1cc(C)cc(C2CCN(C(=O)CCCl)CC2)c1. The number of piperidine rings is 1. The molecular formula is C16H22ClNO. The van der Waals surface area contributed by atoms with E-state index in [-0.39, 0.29) is 5.91 Å². The van der Waals surface area contributed by atoms with Gasteiger partial charge in [-0.1, -0.05) is 29.3 Å². The molecule has 0 N–H and O–H groups in total. The molecule has 0 aromatic heterocycles. The molecule has 0 spiro atoms. The zero-order valence-electron chi connectivity index (χ0n) is 11.8. The number of halogens is 1. The van der Waals surface area contributed by atoms with Crippen LogP contribution in [0.3, 0.4) is 0 Å². The number of hydrogen-bond acceptors (Lipinski definition) is 1. The van der Waals surface area contributed by atoms with Crippen LogP contribution in [-0.2, 0) is 4.79 Å². The number of alkyl halides is 1. The number of rotatable bonds is 3. The van der Waals surface area contributed by atoms with E-state index in [0.29, 0.717) is 18.2 Å². The Bertz CT molecular complexity index is 430. The molecule has 2 rings (SSSR count). The number of benzene rings is 1. The smallest absolute Gasteiger partial charge is 0.223 e. The fourth-order valence-corrected chi connectivity index (χ4v) is 3.11. The third kappa shape index (κ3) is 3.73. The first-order chi connectivity index (χ1) is 9.10. The summed E-state index contributed by atoms with van der Waals surface area (Å²) in [6, 6.07) is 6.78. The van der Waals surface area contributed by atoms with E-state index >= 15 is 0 Å². The number of hydrogen-bond donors (Lipinski definition) is 0. The van der Waals surface area contributed by atoms with Crippen molar-refractivity contribution in [2.75, 3.05) is 19.0 Å². The number of aryl methyl sites for hydroxylation is 2. The van der Waals surface area contributed by atoms with Gasteiger partial charge in [-0.3, -0.25) is 4.79 Å². The van der Waals surface area contributed by atoms with Crippen molar-refractivity contribution in [2.24, 2.45) is 0 Å². The molecule has 2 nitrogen and oxygen atoms in total. The quantitative estimate of drug-likeness (QED) is 0.774. The highest BCUT2D eigenvalue weighted by Gasteiger charge is 2.23. The van der Waals surface area contributed by atoms with Gasteiger partial charge in [0.1, 0.15) is 0 Å². The normalized spacial score (nSPS) is 16.7. The van der Waals surface area contributed by atoms with Gasteiger partial charge >= 0.3 is 0 Å². The van der Waals surface area contributed by atoms with Crippen molar-refractivity contribution in [3.05, 3.63) is 34.9 Å². The van der Waals surface area contributed by atoms with Crippen LogP contribution in [0.25, 0.3) is 0 Å². The predicted molar refractivity (Wildman–Crippen MR) is 79.8 cm³/mol. The first-order valence-corrected chi connectivity index (χ1v) is 7.55. The van der Waals surface area contributed by atoms with Gasteiger partial charge in [-0.15, -0.1) is 11.6 Å². The fourth-order valence-electron chi connectivity index (χ4n) is 2.95. The zero-order valence-corrected chi connectivity index (χ0v) is 12.5. The highest BCUT2D eigenvalue weighted by Crippen LogP contribution is 2.29. The van der Waals surface area contributed by atoms with Gasteiger partial charge in [0.05, 0.1) is 0 Å². The lowest BCUT2D eigenvalue weighted by atomic mass is 9.87. The summed E-state index contributed by atoms with van der Waals surface area (Å²) >= 11 is 5.63. The van der Waals surface area contributed by atoms with Crippen LogP contribution in [0.2, 0.25) is 0 Å². The van der Waals surface area contributed by atoms with Crippen molar-refractivity contribution in [3.63, 3.8) is 0 Å². The number of carbonyl (C=O) groups excluding carboxylic acids is 1. The molecule has 19 heavy (non-hydrogen) atoms. The van der Waals surface area contributed by atoms with E-state index in [4.69, 9.17) is 11.6 Å². The predicted octanol–water partition coefficient (Wildman–Crippen LogP) is 3.64. The van der Waals surface area contributed by atoms with Crippen molar-refractivity contribution in [2.45, 2.75) is 39.0 Å². The standard InChI is InChI=1S/C16H22ClNO/c1-12-9-13(2)11-15(10-12)14-4-7-18(8-5-14)16(19)3-6-17/h9-11,14H,3-8H2,1-2H3. The summed E-state index contributed by atoms with van der Waals surface area (Å²) < 4.78 is 0. The second kappa shape index (κ2) is 6.42. The van der Waals surface area contributed by atoms with Crippen molar-refractivity contribution in [1.82, 2.24) is 4.90 Å². The Hall–Kier alpha value is -1.02. The first kappa shape index (κ1) is 14.4. The van der Waals surface area contributed by atoms with Gasteiger partial charge in [0.25, 0.3) is 0 Å². The summed E-state index contributed by atoms with van der Waals surface area (Å²) in [4.78, 5) is 13.8. The fraction of sp³-hybridized carbons (Fsp3) is 0.562. The van der Waals surface area contributed by atoms with E-state index in [0.717, 1.165) is 25.9 Å². The molecule has 104 valence electrons. The maximum absolute atomic E-state index is 11.8. The van der Waals surface area contributed by atoms with Crippen LogP contribution in [0.1, 0.15) is 41.9 Å². The summed E-state index contributed by atoms with van der Waals surface area (Å²) in [7, 11) is 0. The van der Waals surface area contributed by atoms with Crippen molar-refractivity contribution in [1.29, 1.82) is 0 Å². The van der Waals surface area contributed by atoms with Gasteiger partial charge in [-0.05, 0) is 38.2 Å². The van der Waals surface area contributed by atoms with E-state index in [1.54, 1.807) is 0 Å². The number of amides is 1. The van der Waals surface area contributed by atoms with Crippen molar-refractivity contribution >= 4 is 17.5 Å². The molecule has 1 heterocycles. The van der Waals surface area contributed by atoms with Gasteiger partial charge < -0.3 is 4.90 Å². The Morgan fingerprint density at radius 1 is 1.21 bits per heavy atom. The largest absolute Gasteiger partial charge is 0.343 e. The van der Waals surface area contributed by atoms with E-state index in [1.807, 2.05) is 4.90 Å². The summed E-state index contributed by atoms with van der Waals surface area (Å²) in [6.45, 7) is 6.03. The Kier molecular flexibility index (Phi) is 4.87. The molecule has 3 heteroatoms. The van der Waals surface area contributed by atoms with Gasteiger partial charge in [-0.2, -0.15) is 0 Å². The van der Waals surface area contributed by atoms with Gasteiger partial charge in [-0.25, -0.2) is 0 Å². The third-order valence-electron chi connectivity index (χ3n) is 3.87. The number of carbonyl (C=O) groups is 1. The molecule has 1 aromatic carbocycles. The van der Waals surface area contributed by atoms with E-state index in [9.17, 15) is 4.79 Å². The van der Waals surface area contributed by atoms with Crippen LogP contribution in [0, 0.1) is 13.8 Å². The third-order valence-corrected chi connectivity index (χ3v) is 4.06. The molecule has 0 saturated carbocycles. The minimum atomic E-state index is 0.203. The average molecular weight is 280 g/mol. The molecule has 1 fully saturated rings. The average Bonchev–Trinajstić information content (AvgIpc) is 2.38. The molecule has 1 saturated heterocycles. The second-order valence-electron chi connectivity index (χ2n) is 5.52. The van der Waals surface area contributed by atoms with Crippen LogP contribution >= 0.6 is 11.6 Å². The number of likely N-dealkylation sites (tertiary alicyclic amines) is 1. The highest BCUT2D eigenvalue weighted by molar-refractivity contribution is 6.18. The Balaban J connectivity index is 1.97. The molecule has 1 aromatic rings. The van der Waals surface area contributed by atoms with Crippen LogP contribution < -0.4 is 0 Å². The van der Waals surface area contributed by atoms with Crippen LogP contribution in [0.4, 0.5) is 0 Å². The van der Waals surface area contributed by atoms with Crippen LogP contribution in [0.15, 0.2) is 18.2 Å². The lowest BCUT2D eigenvalue weighted by Crippen LogP contribution is -2.38. The summed E-state index contributed by atoms with van der Waals surface area (Å²) in [6.07, 6.45) is 2.60. The maximum atomic E-state index is 11.8. The van der Waals surface area contributed by atoms with Crippen molar-refractivity contribution in [3.8, 4) is 0 Å². The van der Waals surface area contributed by atoms with Crippen LogP contribution in [-0.4, -0.2) is 29.8 Å². The van der Waals surface area contributed by atoms with Crippen LogP contribution in [0.5, 0.6) is 0 Å². The Morgan fingerprint density at radius 2 is 1.79 bits per heavy atom. The maximum Gasteiger partial charge on any atom is 0.223 e. The molecular weight excluding hydrogens is 258 g/mol. The molecule has 1 aliphatic heterocycles. The van der Waals surface area contributed by atoms with E-state index in [2.05, 4.69) is 32.0 Å². The van der Waals surface area contributed by atoms with Crippen molar-refractivity contribution < 1.29 is 4.79 Å². The molecule has 1 amide bonds. The van der Waals surface area contributed by atoms with Gasteiger partial charge in [0.2, 0.25) is 5.91 Å². The molecule has 0 aliphatic carbocycles. The molecule has 0 bridgehead atoms. The zero-order chi connectivity index (χ0) is 13.8. The minimum Gasteiger partial charge on any atom is -0.343 e. The summed E-state index contributed by atoms with van der Waals surface area (Å²) in [5, 5.41) is 0. The molecule has 0 radical (unpaired) electrons. The molecule has 0 atom stereocenters. The monoisotopic (exact) mass is 279 g/mol. The van der Waals surface area contributed by atoms with E-state index in [1.165, 1.54) is 16.7 Å². The van der Waals surface area contributed by atoms with E-state index < -0.39 is 0 Å². The lowest BCUT2D eigenvalue weighted by molar-refractivity contribution is -0.131. The Labute approximate surface area is 120 Å². The molecule has 0 unspecified atom stereocenters. The highest BCUT2D eigenvalue weighted by atomic mass is 35.5. The van der Waals surface area contributed by atoms with Gasteiger partial charge in [0.15, 0.2) is 0 Å². The summed E-state index contributed by atoms with van der Waals surface area (Å²) in [5.41, 5.74) is 4.09. The second-order valence-corrected chi connectivity index (χ2v) is 5.89. The lowest BCUT2D eigenvalue weighted by Gasteiger charge is -2.32.